The molecule has 0 spiro atoms. The van der Waals surface area contributed by atoms with Gasteiger partial charge in [-0.1, -0.05) is 36.8 Å². The van der Waals surface area contributed by atoms with E-state index >= 15 is 0 Å². The van der Waals surface area contributed by atoms with Crippen LogP contribution < -0.4 is 5.32 Å². The first-order valence-corrected chi connectivity index (χ1v) is 10.9. The first kappa shape index (κ1) is 20.6. The Morgan fingerprint density at radius 3 is 2.70 bits per heavy atom. The van der Waals surface area contributed by atoms with Crippen LogP contribution in [0.15, 0.2) is 54.7 Å². The van der Waals surface area contributed by atoms with Crippen molar-refractivity contribution in [2.75, 3.05) is 26.2 Å². The third-order valence-electron chi connectivity index (χ3n) is 6.14. The number of nitrogens with one attached hydrogen (secondary N) is 1. The molecule has 4 nitrogen and oxygen atoms in total. The monoisotopic (exact) mass is 407 g/mol. The summed E-state index contributed by atoms with van der Waals surface area (Å²) in [5.41, 5.74) is 3.00. The van der Waals surface area contributed by atoms with Gasteiger partial charge in [-0.15, -0.1) is 0 Å². The van der Waals surface area contributed by atoms with Gasteiger partial charge in [0.2, 0.25) is 5.91 Å². The highest BCUT2D eigenvalue weighted by atomic mass is 19.1. The average molecular weight is 408 g/mol. The number of rotatable bonds is 7. The van der Waals surface area contributed by atoms with Gasteiger partial charge in [0.05, 0.1) is 0 Å². The number of para-hydroxylation sites is 1. The Morgan fingerprint density at radius 1 is 1.10 bits per heavy atom. The zero-order valence-corrected chi connectivity index (χ0v) is 17.6. The quantitative estimate of drug-likeness (QED) is 0.629. The van der Waals surface area contributed by atoms with Crippen molar-refractivity contribution in [1.82, 2.24) is 14.8 Å². The van der Waals surface area contributed by atoms with Gasteiger partial charge in [-0.2, -0.15) is 0 Å². The second-order valence-electron chi connectivity index (χ2n) is 8.28. The van der Waals surface area contributed by atoms with Crippen LogP contribution in [0.1, 0.15) is 42.7 Å². The molecule has 1 amide bonds. The topological polar surface area (TPSA) is 37.3 Å². The van der Waals surface area contributed by atoms with E-state index in [1.807, 2.05) is 25.2 Å². The lowest BCUT2D eigenvalue weighted by Gasteiger charge is -2.26. The fourth-order valence-electron chi connectivity index (χ4n) is 4.58. The Labute approximate surface area is 177 Å². The minimum Gasteiger partial charge on any atom is -0.355 e. The van der Waals surface area contributed by atoms with Crippen molar-refractivity contribution in [2.45, 2.75) is 31.6 Å². The number of amides is 1. The first-order valence-electron chi connectivity index (χ1n) is 10.9. The van der Waals surface area contributed by atoms with Crippen LogP contribution in [-0.4, -0.2) is 41.6 Å². The van der Waals surface area contributed by atoms with Gasteiger partial charge in [0, 0.05) is 49.6 Å². The summed E-state index contributed by atoms with van der Waals surface area (Å²) < 4.78 is 16.1. The molecule has 0 aliphatic carbocycles. The predicted molar refractivity (Wildman–Crippen MR) is 119 cm³/mol. The van der Waals surface area contributed by atoms with Crippen molar-refractivity contribution in [3.05, 3.63) is 71.7 Å². The first-order chi connectivity index (χ1) is 14.6. The number of hydrogen-bond donors (Lipinski definition) is 1. The number of piperidine rings is 1. The van der Waals surface area contributed by atoms with Crippen molar-refractivity contribution in [1.29, 1.82) is 0 Å². The minimum absolute atomic E-state index is 0.00852. The molecular formula is C25H30FN3O. The molecule has 2 heterocycles. The second kappa shape index (κ2) is 9.43. The number of nitrogens with zero attached hydrogens (tertiary/aromatic N) is 2. The molecule has 2 aromatic carbocycles. The number of hydrogen-bond acceptors (Lipinski definition) is 2. The van der Waals surface area contributed by atoms with Gasteiger partial charge >= 0.3 is 0 Å². The van der Waals surface area contributed by atoms with Crippen LogP contribution >= 0.6 is 0 Å². The van der Waals surface area contributed by atoms with Gasteiger partial charge in [0.1, 0.15) is 5.82 Å². The predicted octanol–water partition coefficient (Wildman–Crippen LogP) is 4.44. The standard InChI is InChI=1S/C25H30FN3O/c1-28-18-23(21-10-3-4-11-24(21)28)22(19-8-7-9-20(26)16-19)17-25(30)27-12-15-29-13-5-2-6-14-29/h3-4,7-11,16,18,22H,2,5-6,12-15,17H2,1H3,(H,27,30)/t22-/m0/s1. The Balaban J connectivity index is 1.53. The normalized spacial score (nSPS) is 15.9. The van der Waals surface area contributed by atoms with Gasteiger partial charge in [0.25, 0.3) is 0 Å². The molecule has 1 fully saturated rings. The van der Waals surface area contributed by atoms with Crippen molar-refractivity contribution in [2.24, 2.45) is 7.05 Å². The Morgan fingerprint density at radius 2 is 1.90 bits per heavy atom. The second-order valence-corrected chi connectivity index (χ2v) is 8.28. The van der Waals surface area contributed by atoms with Crippen LogP contribution in [-0.2, 0) is 11.8 Å². The van der Waals surface area contributed by atoms with E-state index in [1.54, 1.807) is 12.1 Å². The number of benzene rings is 2. The largest absolute Gasteiger partial charge is 0.355 e. The third kappa shape index (κ3) is 4.73. The summed E-state index contributed by atoms with van der Waals surface area (Å²) in [7, 11) is 2.01. The van der Waals surface area contributed by atoms with Crippen molar-refractivity contribution in [3.63, 3.8) is 0 Å². The molecule has 1 N–H and O–H groups in total. The zero-order chi connectivity index (χ0) is 20.9. The number of aryl methyl sites for hydroxylation is 1. The Bertz CT molecular complexity index is 1010. The molecule has 4 rings (SSSR count). The molecule has 30 heavy (non-hydrogen) atoms. The van der Waals surface area contributed by atoms with E-state index in [1.165, 1.54) is 25.3 Å². The van der Waals surface area contributed by atoms with E-state index in [9.17, 15) is 9.18 Å². The zero-order valence-electron chi connectivity index (χ0n) is 17.6. The molecule has 1 atom stereocenters. The summed E-state index contributed by atoms with van der Waals surface area (Å²) >= 11 is 0. The van der Waals surface area contributed by atoms with E-state index in [2.05, 4.69) is 33.1 Å². The number of aromatic nitrogens is 1. The molecule has 1 aliphatic heterocycles. The fourth-order valence-corrected chi connectivity index (χ4v) is 4.58. The van der Waals surface area contributed by atoms with Gasteiger partial charge in [-0.3, -0.25) is 4.79 Å². The third-order valence-corrected chi connectivity index (χ3v) is 6.14. The maximum absolute atomic E-state index is 14.0. The summed E-state index contributed by atoms with van der Waals surface area (Å²) in [6.07, 6.45) is 6.18. The highest BCUT2D eigenvalue weighted by Gasteiger charge is 2.22. The van der Waals surface area contributed by atoms with Crippen molar-refractivity contribution in [3.8, 4) is 0 Å². The number of halogens is 1. The molecule has 0 unspecified atom stereocenters. The summed E-state index contributed by atoms with van der Waals surface area (Å²) in [5, 5.41) is 4.20. The van der Waals surface area contributed by atoms with Crippen LogP contribution in [0.25, 0.3) is 10.9 Å². The van der Waals surface area contributed by atoms with Crippen LogP contribution in [0.4, 0.5) is 4.39 Å². The highest BCUT2D eigenvalue weighted by molar-refractivity contribution is 5.86. The van der Waals surface area contributed by atoms with Gasteiger partial charge in [-0.25, -0.2) is 4.39 Å². The van der Waals surface area contributed by atoms with Crippen LogP contribution in [0, 0.1) is 5.82 Å². The lowest BCUT2D eigenvalue weighted by molar-refractivity contribution is -0.121. The van der Waals surface area contributed by atoms with E-state index in [0.29, 0.717) is 13.0 Å². The molecule has 0 saturated carbocycles. The van der Waals surface area contributed by atoms with Gasteiger partial charge in [-0.05, 0) is 55.3 Å². The smallest absolute Gasteiger partial charge is 0.220 e. The molecule has 0 radical (unpaired) electrons. The lowest BCUT2D eigenvalue weighted by Crippen LogP contribution is -2.38. The summed E-state index contributed by atoms with van der Waals surface area (Å²) in [6, 6.07) is 14.8. The number of likely N-dealkylation sites (tertiary alicyclic amines) is 1. The molecule has 158 valence electrons. The molecule has 1 aliphatic rings. The molecular weight excluding hydrogens is 377 g/mol. The molecule has 0 bridgehead atoms. The summed E-state index contributed by atoms with van der Waals surface area (Å²) in [6.45, 7) is 3.80. The maximum Gasteiger partial charge on any atom is 0.220 e. The van der Waals surface area contributed by atoms with Gasteiger partial charge < -0.3 is 14.8 Å². The van der Waals surface area contributed by atoms with E-state index in [0.717, 1.165) is 41.7 Å². The van der Waals surface area contributed by atoms with Crippen molar-refractivity contribution >= 4 is 16.8 Å². The van der Waals surface area contributed by atoms with Crippen LogP contribution in [0.2, 0.25) is 0 Å². The van der Waals surface area contributed by atoms with Crippen LogP contribution in [0.5, 0.6) is 0 Å². The highest BCUT2D eigenvalue weighted by Crippen LogP contribution is 2.34. The summed E-state index contributed by atoms with van der Waals surface area (Å²) in [4.78, 5) is 15.3. The van der Waals surface area contributed by atoms with Crippen molar-refractivity contribution < 1.29 is 9.18 Å². The number of fused-ring (bicyclic) bond motifs is 1. The SMILES string of the molecule is Cn1cc([C@@H](CC(=O)NCCN2CCCCC2)c2cccc(F)c2)c2ccccc21. The maximum atomic E-state index is 14.0. The molecule has 3 aromatic rings. The lowest BCUT2D eigenvalue weighted by atomic mass is 9.88. The molecule has 1 aromatic heterocycles. The van der Waals surface area contributed by atoms with E-state index in [-0.39, 0.29) is 17.6 Å². The Kier molecular flexibility index (Phi) is 6.48. The van der Waals surface area contributed by atoms with E-state index in [4.69, 9.17) is 0 Å². The Hall–Kier alpha value is -2.66. The summed E-state index contributed by atoms with van der Waals surface area (Å²) in [5.74, 6) is -0.459. The van der Waals surface area contributed by atoms with E-state index < -0.39 is 0 Å². The fraction of sp³-hybridized carbons (Fsp3) is 0.400. The average Bonchev–Trinajstić information content (AvgIpc) is 3.09. The molecule has 1 saturated heterocycles. The number of carbonyl (C=O) groups is 1. The van der Waals surface area contributed by atoms with Crippen LogP contribution in [0.3, 0.4) is 0 Å². The molecule has 5 heteroatoms. The number of carbonyl (C=O) groups excluding carboxylic acids is 1. The van der Waals surface area contributed by atoms with Gasteiger partial charge in [0.15, 0.2) is 0 Å². The minimum atomic E-state index is -0.275.